The zero-order chi connectivity index (χ0) is 26.2. The van der Waals surface area contributed by atoms with Gasteiger partial charge >= 0.3 is 6.03 Å². The van der Waals surface area contributed by atoms with Crippen LogP contribution < -0.4 is 20.7 Å². The molecular weight excluding hydrogens is 472 g/mol. The standard InChI is InChI=1S/C27H28N6O4/c1-17-14-29-11-12-33(17)23(28)19-5-3-18(4-6-19)9-10-27(25(35)30-26(36)31-27)16-32-15-20-7-8-21(37-2)13-22(20)24(32)34/h3-8,13,17,28-29H,11-12,14-16H2,1-2H3,(H2,30,31,35,36). The van der Waals surface area contributed by atoms with Gasteiger partial charge in [-0.15, -0.1) is 0 Å². The molecule has 2 unspecified atom stereocenters. The second-order valence-electron chi connectivity index (χ2n) is 9.42. The number of nitrogens with one attached hydrogen (secondary N) is 4. The first kappa shape index (κ1) is 24.3. The third-order valence-corrected chi connectivity index (χ3v) is 6.93. The molecule has 10 heteroatoms. The van der Waals surface area contributed by atoms with Crippen molar-refractivity contribution in [2.75, 3.05) is 33.3 Å². The van der Waals surface area contributed by atoms with Crippen LogP contribution in [0.3, 0.4) is 0 Å². The van der Waals surface area contributed by atoms with E-state index in [9.17, 15) is 14.4 Å². The number of carbonyl (C=O) groups excluding carboxylic acids is 3. The molecule has 190 valence electrons. The average Bonchev–Trinajstić information content (AvgIpc) is 3.36. The molecule has 3 heterocycles. The van der Waals surface area contributed by atoms with E-state index in [1.54, 1.807) is 24.3 Å². The Balaban J connectivity index is 1.36. The number of urea groups is 1. The molecule has 37 heavy (non-hydrogen) atoms. The highest BCUT2D eigenvalue weighted by Gasteiger charge is 2.48. The summed E-state index contributed by atoms with van der Waals surface area (Å²) < 4.78 is 5.22. The Morgan fingerprint density at radius 2 is 1.97 bits per heavy atom. The van der Waals surface area contributed by atoms with E-state index in [0.29, 0.717) is 29.3 Å². The maximum Gasteiger partial charge on any atom is 0.323 e. The van der Waals surface area contributed by atoms with Gasteiger partial charge in [-0.05, 0) is 36.8 Å². The molecule has 5 rings (SSSR count). The van der Waals surface area contributed by atoms with Crippen LogP contribution in [0.5, 0.6) is 5.75 Å². The highest BCUT2D eigenvalue weighted by molar-refractivity contribution is 6.10. The molecule has 0 saturated carbocycles. The normalized spacial score (nSPS) is 22.6. The lowest BCUT2D eigenvalue weighted by molar-refractivity contribution is -0.122. The van der Waals surface area contributed by atoms with Gasteiger partial charge in [-0.3, -0.25) is 20.3 Å². The number of fused-ring (bicyclic) bond motifs is 1. The quantitative estimate of drug-likeness (QED) is 0.214. The maximum atomic E-state index is 13.1. The first-order valence-corrected chi connectivity index (χ1v) is 12.1. The van der Waals surface area contributed by atoms with Crippen LogP contribution in [0.2, 0.25) is 0 Å². The summed E-state index contributed by atoms with van der Waals surface area (Å²) in [6, 6.07) is 12.1. The summed E-state index contributed by atoms with van der Waals surface area (Å²) in [5, 5.41) is 16.8. The molecule has 2 aromatic rings. The fourth-order valence-electron chi connectivity index (χ4n) is 4.84. The Hall–Kier alpha value is -4.36. The average molecular weight is 501 g/mol. The van der Waals surface area contributed by atoms with Crippen molar-refractivity contribution in [1.82, 2.24) is 25.8 Å². The number of hydrogen-bond acceptors (Lipinski definition) is 6. The number of amidine groups is 1. The van der Waals surface area contributed by atoms with Gasteiger partial charge in [0.2, 0.25) is 5.54 Å². The minimum atomic E-state index is -1.58. The molecule has 0 aromatic heterocycles. The molecule has 2 saturated heterocycles. The third kappa shape index (κ3) is 4.61. The first-order chi connectivity index (χ1) is 17.8. The van der Waals surface area contributed by atoms with Crippen molar-refractivity contribution in [3.63, 3.8) is 0 Å². The van der Waals surface area contributed by atoms with Crippen molar-refractivity contribution < 1.29 is 19.1 Å². The molecule has 3 aliphatic heterocycles. The summed E-state index contributed by atoms with van der Waals surface area (Å²) in [4.78, 5) is 41.5. The second kappa shape index (κ2) is 9.59. The topological polar surface area (TPSA) is 127 Å². The Morgan fingerprint density at radius 3 is 2.65 bits per heavy atom. The van der Waals surface area contributed by atoms with Gasteiger partial charge in [0.1, 0.15) is 11.6 Å². The largest absolute Gasteiger partial charge is 0.497 e. The van der Waals surface area contributed by atoms with Crippen LogP contribution in [0.15, 0.2) is 42.5 Å². The predicted octanol–water partition coefficient (Wildman–Crippen LogP) is 0.900. The highest BCUT2D eigenvalue weighted by Crippen LogP contribution is 2.28. The van der Waals surface area contributed by atoms with E-state index < -0.39 is 17.5 Å². The first-order valence-electron chi connectivity index (χ1n) is 12.1. The number of nitrogens with zero attached hydrogens (tertiary/aromatic N) is 2. The number of carbonyl (C=O) groups is 3. The summed E-state index contributed by atoms with van der Waals surface area (Å²) in [5.41, 5.74) is 1.14. The lowest BCUT2D eigenvalue weighted by atomic mass is 9.98. The van der Waals surface area contributed by atoms with Gasteiger partial charge < -0.3 is 25.2 Å². The van der Waals surface area contributed by atoms with E-state index in [1.807, 2.05) is 18.2 Å². The van der Waals surface area contributed by atoms with Crippen LogP contribution in [0.25, 0.3) is 0 Å². The number of imide groups is 1. The Kier molecular flexibility index (Phi) is 6.31. The summed E-state index contributed by atoms with van der Waals surface area (Å²) in [5.74, 6) is 6.07. The molecule has 0 spiro atoms. The minimum Gasteiger partial charge on any atom is -0.497 e. The van der Waals surface area contributed by atoms with Crippen LogP contribution in [-0.2, 0) is 11.3 Å². The number of hydrogen-bond donors (Lipinski definition) is 4. The van der Waals surface area contributed by atoms with Gasteiger partial charge in [0, 0.05) is 48.9 Å². The number of rotatable bonds is 4. The van der Waals surface area contributed by atoms with Crippen LogP contribution in [0.1, 0.15) is 34.0 Å². The van der Waals surface area contributed by atoms with Gasteiger partial charge in [-0.25, -0.2) is 4.79 Å². The maximum absolute atomic E-state index is 13.1. The SMILES string of the molecule is COc1ccc2c(c1)C(=O)N(CC1(C#Cc3ccc(C(=N)N4CCNCC4C)cc3)NC(=O)NC1=O)C2. The molecule has 2 atom stereocenters. The second-order valence-corrected chi connectivity index (χ2v) is 9.42. The number of methoxy groups -OCH3 is 1. The number of ether oxygens (including phenoxy) is 1. The smallest absolute Gasteiger partial charge is 0.323 e. The fraction of sp³-hybridized carbons (Fsp3) is 0.333. The monoisotopic (exact) mass is 500 g/mol. The van der Waals surface area contributed by atoms with Crippen LogP contribution in [0, 0.1) is 17.3 Å². The summed E-state index contributed by atoms with van der Waals surface area (Å²) in [6.45, 7) is 4.72. The molecular formula is C27H28N6O4. The van der Waals surface area contributed by atoms with E-state index in [-0.39, 0.29) is 18.5 Å². The lowest BCUT2D eigenvalue weighted by Crippen LogP contribution is -2.54. The Labute approximate surface area is 214 Å². The molecule has 0 aliphatic carbocycles. The summed E-state index contributed by atoms with van der Waals surface area (Å²) in [6.07, 6.45) is 0. The molecule has 0 radical (unpaired) electrons. The van der Waals surface area contributed by atoms with Gasteiger partial charge in [-0.2, -0.15) is 0 Å². The van der Waals surface area contributed by atoms with Crippen molar-refractivity contribution in [2.24, 2.45) is 0 Å². The lowest BCUT2D eigenvalue weighted by Gasteiger charge is -2.36. The zero-order valence-electron chi connectivity index (χ0n) is 20.7. The van der Waals surface area contributed by atoms with Gasteiger partial charge in [0.15, 0.2) is 0 Å². The summed E-state index contributed by atoms with van der Waals surface area (Å²) >= 11 is 0. The number of amides is 4. The molecule has 2 fully saturated rings. The van der Waals surface area contributed by atoms with E-state index in [0.717, 1.165) is 30.8 Å². The van der Waals surface area contributed by atoms with Crippen LogP contribution in [-0.4, -0.2) is 78.4 Å². The van der Waals surface area contributed by atoms with Crippen LogP contribution >= 0.6 is 0 Å². The molecule has 4 N–H and O–H groups in total. The van der Waals surface area contributed by atoms with Crippen molar-refractivity contribution in [2.45, 2.75) is 25.0 Å². The van der Waals surface area contributed by atoms with E-state index >= 15 is 0 Å². The molecule has 2 aromatic carbocycles. The van der Waals surface area contributed by atoms with Gasteiger partial charge in [0.25, 0.3) is 11.8 Å². The van der Waals surface area contributed by atoms with Crippen molar-refractivity contribution in [1.29, 1.82) is 5.41 Å². The predicted molar refractivity (Wildman–Crippen MR) is 136 cm³/mol. The zero-order valence-corrected chi connectivity index (χ0v) is 20.7. The minimum absolute atomic E-state index is 0.100. The third-order valence-electron chi connectivity index (χ3n) is 6.93. The van der Waals surface area contributed by atoms with E-state index in [1.165, 1.54) is 12.0 Å². The van der Waals surface area contributed by atoms with E-state index in [2.05, 4.69) is 39.6 Å². The van der Waals surface area contributed by atoms with Crippen molar-refractivity contribution >= 4 is 23.7 Å². The highest BCUT2D eigenvalue weighted by atomic mass is 16.5. The van der Waals surface area contributed by atoms with Crippen molar-refractivity contribution in [3.8, 4) is 17.6 Å². The molecule has 0 bridgehead atoms. The Bertz CT molecular complexity index is 1340. The summed E-state index contributed by atoms with van der Waals surface area (Å²) in [7, 11) is 1.53. The fourth-order valence-corrected chi connectivity index (χ4v) is 4.84. The number of piperazine rings is 1. The van der Waals surface area contributed by atoms with E-state index in [4.69, 9.17) is 10.1 Å². The van der Waals surface area contributed by atoms with Crippen molar-refractivity contribution in [3.05, 3.63) is 64.7 Å². The molecule has 10 nitrogen and oxygen atoms in total. The number of benzene rings is 2. The molecule has 3 aliphatic rings. The van der Waals surface area contributed by atoms with Crippen LogP contribution in [0.4, 0.5) is 4.79 Å². The Morgan fingerprint density at radius 1 is 1.19 bits per heavy atom. The van der Waals surface area contributed by atoms with Gasteiger partial charge in [-0.1, -0.05) is 30.0 Å². The van der Waals surface area contributed by atoms with Gasteiger partial charge in [0.05, 0.1) is 13.7 Å². The molecule has 4 amide bonds.